The van der Waals surface area contributed by atoms with Gasteiger partial charge in [0.25, 0.3) is 0 Å². The van der Waals surface area contributed by atoms with E-state index in [1.54, 1.807) is 0 Å². The van der Waals surface area contributed by atoms with Gasteiger partial charge in [-0.1, -0.05) is 67.7 Å². The summed E-state index contributed by atoms with van der Waals surface area (Å²) >= 11 is 13.3. The molecule has 1 atom stereocenters. The van der Waals surface area contributed by atoms with E-state index in [0.717, 1.165) is 15.1 Å². The maximum Gasteiger partial charge on any atom is 0.0647 e. The standard InChI is InChI=1S/C14H11Br2Cl/c1-9-12(3-2-4-13(9)17)14(16)10-5-7-11(15)8-6-10/h2-8,14H,1H3. The molecule has 3 heteroatoms. The summed E-state index contributed by atoms with van der Waals surface area (Å²) in [7, 11) is 0. The van der Waals surface area contributed by atoms with Crippen LogP contribution in [0, 0.1) is 6.92 Å². The maximum absolute atomic E-state index is 6.14. The average Bonchev–Trinajstić information content (AvgIpc) is 2.33. The van der Waals surface area contributed by atoms with Crippen molar-refractivity contribution in [3.63, 3.8) is 0 Å². The lowest BCUT2D eigenvalue weighted by Crippen LogP contribution is -1.96. The summed E-state index contributed by atoms with van der Waals surface area (Å²) in [6.45, 7) is 2.05. The van der Waals surface area contributed by atoms with Crippen LogP contribution in [0.4, 0.5) is 0 Å². The maximum atomic E-state index is 6.14. The summed E-state index contributed by atoms with van der Waals surface area (Å²) in [6, 6.07) is 14.3. The molecule has 88 valence electrons. The van der Waals surface area contributed by atoms with Gasteiger partial charge in [0.2, 0.25) is 0 Å². The van der Waals surface area contributed by atoms with Crippen LogP contribution in [0.25, 0.3) is 0 Å². The van der Waals surface area contributed by atoms with Gasteiger partial charge in [-0.05, 0) is 41.8 Å². The van der Waals surface area contributed by atoms with E-state index in [2.05, 4.69) is 50.1 Å². The lowest BCUT2D eigenvalue weighted by atomic mass is 10.0. The number of alkyl halides is 1. The van der Waals surface area contributed by atoms with Crippen molar-refractivity contribution in [1.29, 1.82) is 0 Å². The highest BCUT2D eigenvalue weighted by Gasteiger charge is 2.13. The first-order valence-electron chi connectivity index (χ1n) is 5.24. The second-order valence-electron chi connectivity index (χ2n) is 3.87. The van der Waals surface area contributed by atoms with E-state index in [9.17, 15) is 0 Å². The Bertz CT molecular complexity index is 520. The third-order valence-electron chi connectivity index (χ3n) is 2.75. The minimum absolute atomic E-state index is 0.175. The summed E-state index contributed by atoms with van der Waals surface area (Å²) in [5, 5.41) is 0.809. The Morgan fingerprint density at radius 3 is 2.35 bits per heavy atom. The fraction of sp³-hybridized carbons (Fsp3) is 0.143. The first-order valence-corrected chi connectivity index (χ1v) is 7.33. The van der Waals surface area contributed by atoms with Gasteiger partial charge < -0.3 is 0 Å². The number of rotatable bonds is 2. The molecule has 0 aliphatic heterocycles. The van der Waals surface area contributed by atoms with Crippen molar-refractivity contribution >= 4 is 43.5 Å². The van der Waals surface area contributed by atoms with Crippen LogP contribution in [0.1, 0.15) is 21.5 Å². The Balaban J connectivity index is 2.40. The van der Waals surface area contributed by atoms with Crippen LogP contribution in [0.3, 0.4) is 0 Å². The van der Waals surface area contributed by atoms with E-state index in [1.807, 2.05) is 31.2 Å². The first kappa shape index (κ1) is 13.1. The molecule has 0 spiro atoms. The molecule has 0 aromatic heterocycles. The van der Waals surface area contributed by atoms with E-state index in [1.165, 1.54) is 11.1 Å². The van der Waals surface area contributed by atoms with Gasteiger partial charge in [0.05, 0.1) is 4.83 Å². The molecule has 0 aliphatic carbocycles. The second kappa shape index (κ2) is 5.55. The highest BCUT2D eigenvalue weighted by Crippen LogP contribution is 2.35. The monoisotopic (exact) mass is 372 g/mol. The molecule has 0 nitrogen and oxygen atoms in total. The van der Waals surface area contributed by atoms with Crippen molar-refractivity contribution < 1.29 is 0 Å². The van der Waals surface area contributed by atoms with Crippen molar-refractivity contribution in [2.24, 2.45) is 0 Å². The molecule has 0 aliphatic rings. The van der Waals surface area contributed by atoms with Gasteiger partial charge in [0.15, 0.2) is 0 Å². The molecule has 2 rings (SSSR count). The molecule has 0 bridgehead atoms. The largest absolute Gasteiger partial charge is 0.0840 e. The molecule has 0 saturated carbocycles. The molecule has 17 heavy (non-hydrogen) atoms. The van der Waals surface area contributed by atoms with Crippen LogP contribution in [-0.4, -0.2) is 0 Å². The zero-order valence-electron chi connectivity index (χ0n) is 9.25. The Labute approximate surface area is 123 Å². The van der Waals surface area contributed by atoms with Gasteiger partial charge in [-0.25, -0.2) is 0 Å². The molecular formula is C14H11Br2Cl. The van der Waals surface area contributed by atoms with Crippen LogP contribution in [0.5, 0.6) is 0 Å². The summed E-state index contributed by atoms with van der Waals surface area (Å²) in [4.78, 5) is 0.175. The van der Waals surface area contributed by atoms with Crippen molar-refractivity contribution in [2.75, 3.05) is 0 Å². The molecule has 2 aromatic rings. The Hall–Kier alpha value is -0.310. The molecule has 0 radical (unpaired) electrons. The third kappa shape index (κ3) is 2.93. The van der Waals surface area contributed by atoms with Gasteiger partial charge in [-0.3, -0.25) is 0 Å². The smallest absolute Gasteiger partial charge is 0.0647 e. The van der Waals surface area contributed by atoms with Crippen LogP contribution < -0.4 is 0 Å². The number of halogens is 3. The normalized spacial score (nSPS) is 12.5. The van der Waals surface area contributed by atoms with E-state index < -0.39 is 0 Å². The van der Waals surface area contributed by atoms with Gasteiger partial charge in [0.1, 0.15) is 0 Å². The number of hydrogen-bond donors (Lipinski definition) is 0. The predicted octanol–water partition coefficient (Wildman–Crippen LogP) is 5.90. The van der Waals surface area contributed by atoms with Crippen LogP contribution >= 0.6 is 43.5 Å². The molecule has 0 amide bonds. The SMILES string of the molecule is Cc1c(Cl)cccc1C(Br)c1ccc(Br)cc1. The highest BCUT2D eigenvalue weighted by molar-refractivity contribution is 9.10. The minimum Gasteiger partial charge on any atom is -0.0840 e. The first-order chi connectivity index (χ1) is 8.09. The Kier molecular flexibility index (Phi) is 4.29. The van der Waals surface area contributed by atoms with Crippen LogP contribution in [0.2, 0.25) is 5.02 Å². The quantitative estimate of drug-likeness (QED) is 0.575. The lowest BCUT2D eigenvalue weighted by Gasteiger charge is -2.14. The molecule has 2 aromatic carbocycles. The zero-order valence-corrected chi connectivity index (χ0v) is 13.2. The fourth-order valence-corrected chi connectivity index (χ4v) is 2.96. The molecule has 1 unspecified atom stereocenters. The van der Waals surface area contributed by atoms with Gasteiger partial charge in [0, 0.05) is 9.50 Å². The Morgan fingerprint density at radius 1 is 1.06 bits per heavy atom. The zero-order chi connectivity index (χ0) is 12.4. The van der Waals surface area contributed by atoms with Gasteiger partial charge in [-0.15, -0.1) is 0 Å². The topological polar surface area (TPSA) is 0 Å². The van der Waals surface area contributed by atoms with Crippen LogP contribution in [-0.2, 0) is 0 Å². The average molecular weight is 375 g/mol. The van der Waals surface area contributed by atoms with Crippen molar-refractivity contribution in [3.05, 3.63) is 68.7 Å². The molecule has 0 saturated heterocycles. The van der Waals surface area contributed by atoms with Crippen molar-refractivity contribution in [1.82, 2.24) is 0 Å². The summed E-state index contributed by atoms with van der Waals surface area (Å²) in [5.74, 6) is 0. The second-order valence-corrected chi connectivity index (χ2v) is 6.11. The molecular weight excluding hydrogens is 363 g/mol. The predicted molar refractivity (Wildman–Crippen MR) is 81.1 cm³/mol. The van der Waals surface area contributed by atoms with Crippen LogP contribution in [0.15, 0.2) is 46.9 Å². The van der Waals surface area contributed by atoms with E-state index in [4.69, 9.17) is 11.6 Å². The number of benzene rings is 2. The summed E-state index contributed by atoms with van der Waals surface area (Å²) < 4.78 is 1.09. The summed E-state index contributed by atoms with van der Waals surface area (Å²) in [5.41, 5.74) is 3.55. The summed E-state index contributed by atoms with van der Waals surface area (Å²) in [6.07, 6.45) is 0. The van der Waals surface area contributed by atoms with E-state index in [-0.39, 0.29) is 4.83 Å². The molecule has 0 N–H and O–H groups in total. The molecule has 0 fully saturated rings. The Morgan fingerprint density at radius 2 is 1.71 bits per heavy atom. The van der Waals surface area contributed by atoms with E-state index in [0.29, 0.717) is 0 Å². The molecule has 0 heterocycles. The third-order valence-corrected chi connectivity index (χ3v) is 4.71. The van der Waals surface area contributed by atoms with Gasteiger partial charge >= 0.3 is 0 Å². The van der Waals surface area contributed by atoms with Crippen molar-refractivity contribution in [2.45, 2.75) is 11.8 Å². The fourth-order valence-electron chi connectivity index (χ4n) is 1.71. The highest BCUT2D eigenvalue weighted by atomic mass is 79.9. The van der Waals surface area contributed by atoms with E-state index >= 15 is 0 Å². The van der Waals surface area contributed by atoms with Gasteiger partial charge in [-0.2, -0.15) is 0 Å². The lowest BCUT2D eigenvalue weighted by molar-refractivity contribution is 1.14. The van der Waals surface area contributed by atoms with Crippen molar-refractivity contribution in [3.8, 4) is 0 Å². The number of hydrogen-bond acceptors (Lipinski definition) is 0. The minimum atomic E-state index is 0.175.